The third-order valence-corrected chi connectivity index (χ3v) is 4.00. The Hall–Kier alpha value is -0.650. The fourth-order valence-electron chi connectivity index (χ4n) is 2.88. The van der Waals surface area contributed by atoms with Crippen LogP contribution in [-0.2, 0) is 9.53 Å². The number of carbonyl (C=O) groups is 1. The number of aliphatic hydroxyl groups excluding tert-OH is 1. The van der Waals surface area contributed by atoms with E-state index >= 15 is 0 Å². The summed E-state index contributed by atoms with van der Waals surface area (Å²) in [4.78, 5) is 14.7. The van der Waals surface area contributed by atoms with Gasteiger partial charge < -0.3 is 15.2 Å². The quantitative estimate of drug-likeness (QED) is 0.775. The summed E-state index contributed by atoms with van der Waals surface area (Å²) in [6, 6.07) is -0.168. The molecule has 4 atom stereocenters. The van der Waals surface area contributed by atoms with Gasteiger partial charge in [0.2, 0.25) is 5.91 Å². The van der Waals surface area contributed by atoms with Crippen molar-refractivity contribution in [2.24, 2.45) is 11.8 Å². The number of hydrogen-bond donors (Lipinski definition) is 2. The second-order valence-electron chi connectivity index (χ2n) is 6.96. The Morgan fingerprint density at radius 3 is 2.14 bits per heavy atom. The maximum Gasteiger partial charge on any atom is 0.237 e. The number of hydrogen-bond acceptors (Lipinski definition) is 4. The molecule has 2 N–H and O–H groups in total. The van der Waals surface area contributed by atoms with Crippen LogP contribution < -0.4 is 5.32 Å². The highest BCUT2D eigenvalue weighted by molar-refractivity contribution is 5.82. The van der Waals surface area contributed by atoms with Gasteiger partial charge >= 0.3 is 0 Å². The van der Waals surface area contributed by atoms with E-state index < -0.39 is 6.10 Å². The molecule has 5 nitrogen and oxygen atoms in total. The van der Waals surface area contributed by atoms with Crippen LogP contribution in [0.25, 0.3) is 0 Å². The summed E-state index contributed by atoms with van der Waals surface area (Å²) in [6.45, 7) is 14.0. The number of carbonyl (C=O) groups excluding carboxylic acids is 1. The van der Waals surface area contributed by atoms with Gasteiger partial charge in [0.15, 0.2) is 0 Å². The molecule has 0 aromatic heterocycles. The molecule has 0 saturated carbocycles. The minimum Gasteiger partial charge on any atom is -0.391 e. The van der Waals surface area contributed by atoms with E-state index in [0.29, 0.717) is 6.54 Å². The molecule has 0 bridgehead atoms. The molecule has 1 fully saturated rings. The summed E-state index contributed by atoms with van der Waals surface area (Å²) >= 11 is 0. The number of ether oxygens (including phenoxy) is 1. The van der Waals surface area contributed by atoms with Crippen LogP contribution in [0, 0.1) is 11.8 Å². The van der Waals surface area contributed by atoms with Crippen molar-refractivity contribution < 1.29 is 14.6 Å². The number of aliphatic hydroxyl groups is 1. The van der Waals surface area contributed by atoms with Crippen molar-refractivity contribution in [3.05, 3.63) is 0 Å². The van der Waals surface area contributed by atoms with Crippen molar-refractivity contribution in [1.29, 1.82) is 0 Å². The molecule has 1 amide bonds. The molecule has 1 aliphatic rings. The van der Waals surface area contributed by atoms with Crippen molar-refractivity contribution in [2.45, 2.75) is 65.9 Å². The topological polar surface area (TPSA) is 61.8 Å². The van der Waals surface area contributed by atoms with E-state index in [1.807, 2.05) is 27.7 Å². The minimum absolute atomic E-state index is 0.00556. The second-order valence-corrected chi connectivity index (χ2v) is 6.96. The van der Waals surface area contributed by atoms with Gasteiger partial charge in [0.25, 0.3) is 0 Å². The fraction of sp³-hybridized carbons (Fsp3) is 0.938. The molecule has 1 saturated heterocycles. The maximum atomic E-state index is 12.5. The Morgan fingerprint density at radius 1 is 1.19 bits per heavy atom. The molecular weight excluding hydrogens is 268 g/mol. The Kier molecular flexibility index (Phi) is 7.10. The van der Waals surface area contributed by atoms with Gasteiger partial charge in [0.1, 0.15) is 0 Å². The van der Waals surface area contributed by atoms with E-state index in [2.05, 4.69) is 24.1 Å². The van der Waals surface area contributed by atoms with Gasteiger partial charge in [-0.25, -0.2) is 0 Å². The van der Waals surface area contributed by atoms with Crippen molar-refractivity contribution in [1.82, 2.24) is 10.2 Å². The van der Waals surface area contributed by atoms with Crippen molar-refractivity contribution in [3.63, 3.8) is 0 Å². The van der Waals surface area contributed by atoms with E-state index in [9.17, 15) is 9.90 Å². The van der Waals surface area contributed by atoms with Gasteiger partial charge in [-0.3, -0.25) is 9.69 Å². The average Bonchev–Trinajstić information content (AvgIpc) is 2.34. The van der Waals surface area contributed by atoms with Crippen molar-refractivity contribution in [3.8, 4) is 0 Å². The van der Waals surface area contributed by atoms with Gasteiger partial charge in [0, 0.05) is 19.6 Å². The Morgan fingerprint density at radius 2 is 1.71 bits per heavy atom. The summed E-state index contributed by atoms with van der Waals surface area (Å²) in [6.07, 6.45) is -0.211. The van der Waals surface area contributed by atoms with Gasteiger partial charge in [-0.15, -0.1) is 0 Å². The molecule has 0 aromatic carbocycles. The highest BCUT2D eigenvalue weighted by Crippen LogP contribution is 2.18. The van der Waals surface area contributed by atoms with Gasteiger partial charge in [-0.1, -0.05) is 27.7 Å². The lowest BCUT2D eigenvalue weighted by Gasteiger charge is -2.41. The molecular formula is C16H32N2O3. The van der Waals surface area contributed by atoms with Gasteiger partial charge in [0.05, 0.1) is 24.4 Å². The van der Waals surface area contributed by atoms with Gasteiger partial charge in [-0.05, 0) is 25.7 Å². The average molecular weight is 300 g/mol. The lowest BCUT2D eigenvalue weighted by atomic mass is 9.99. The van der Waals surface area contributed by atoms with E-state index in [1.165, 1.54) is 0 Å². The Labute approximate surface area is 129 Å². The largest absolute Gasteiger partial charge is 0.391 e. The summed E-state index contributed by atoms with van der Waals surface area (Å²) in [7, 11) is 0. The molecule has 1 rings (SSSR count). The molecule has 1 aliphatic heterocycles. The van der Waals surface area contributed by atoms with Crippen LogP contribution in [0.3, 0.4) is 0 Å². The molecule has 4 unspecified atom stereocenters. The maximum absolute atomic E-state index is 12.5. The van der Waals surface area contributed by atoms with Crippen LogP contribution in [0.2, 0.25) is 0 Å². The molecule has 21 heavy (non-hydrogen) atoms. The van der Waals surface area contributed by atoms with E-state index in [0.717, 1.165) is 13.1 Å². The predicted octanol–water partition coefficient (Wildman–Crippen LogP) is 1.25. The standard InChI is InChI=1S/C16H32N2O3/c1-10(2)14(19)7-17-16(20)15(11(3)4)18-8-12(5)21-13(6)9-18/h10-15,19H,7-9H2,1-6H3,(H,17,20). The summed E-state index contributed by atoms with van der Waals surface area (Å²) in [5, 5.41) is 12.7. The smallest absolute Gasteiger partial charge is 0.237 e. The van der Waals surface area contributed by atoms with Crippen molar-refractivity contribution >= 4 is 5.91 Å². The molecule has 0 aromatic rings. The fourth-order valence-corrected chi connectivity index (χ4v) is 2.88. The van der Waals surface area contributed by atoms with E-state index in [1.54, 1.807) is 0 Å². The third-order valence-electron chi connectivity index (χ3n) is 4.00. The number of rotatable bonds is 6. The number of amides is 1. The van der Waals surface area contributed by atoms with E-state index in [-0.39, 0.29) is 36.0 Å². The van der Waals surface area contributed by atoms with Crippen LogP contribution in [0.15, 0.2) is 0 Å². The predicted molar refractivity (Wildman–Crippen MR) is 84.1 cm³/mol. The zero-order valence-electron chi connectivity index (χ0n) is 14.3. The highest BCUT2D eigenvalue weighted by Gasteiger charge is 2.34. The van der Waals surface area contributed by atoms with Crippen molar-refractivity contribution in [2.75, 3.05) is 19.6 Å². The summed E-state index contributed by atoms with van der Waals surface area (Å²) < 4.78 is 5.74. The minimum atomic E-state index is -0.496. The third kappa shape index (κ3) is 5.57. The molecule has 0 spiro atoms. The number of nitrogens with one attached hydrogen (secondary N) is 1. The molecule has 0 aliphatic carbocycles. The molecule has 0 radical (unpaired) electrons. The first-order valence-corrected chi connectivity index (χ1v) is 8.07. The van der Waals surface area contributed by atoms with Crippen LogP contribution in [0.4, 0.5) is 0 Å². The van der Waals surface area contributed by atoms with Crippen LogP contribution in [0.1, 0.15) is 41.5 Å². The highest BCUT2D eigenvalue weighted by atomic mass is 16.5. The number of morpholine rings is 1. The number of nitrogens with zero attached hydrogens (tertiary/aromatic N) is 1. The van der Waals surface area contributed by atoms with Gasteiger partial charge in [-0.2, -0.15) is 0 Å². The first-order valence-electron chi connectivity index (χ1n) is 8.07. The molecule has 124 valence electrons. The molecule has 1 heterocycles. The monoisotopic (exact) mass is 300 g/mol. The lowest BCUT2D eigenvalue weighted by Crippen LogP contribution is -2.57. The first-order chi connectivity index (χ1) is 9.72. The normalized spacial score (nSPS) is 26.9. The Bertz CT molecular complexity index is 323. The molecule has 5 heteroatoms. The summed E-state index contributed by atoms with van der Waals surface area (Å²) in [5.74, 6) is 0.371. The lowest BCUT2D eigenvalue weighted by molar-refractivity contribution is -0.136. The SMILES string of the molecule is CC1CN(C(C(=O)NCC(O)C(C)C)C(C)C)CC(C)O1. The summed E-state index contributed by atoms with van der Waals surface area (Å²) in [5.41, 5.74) is 0. The van der Waals surface area contributed by atoms with Crippen LogP contribution in [-0.4, -0.2) is 59.9 Å². The zero-order valence-corrected chi connectivity index (χ0v) is 14.3. The zero-order chi connectivity index (χ0) is 16.2. The van der Waals surface area contributed by atoms with E-state index in [4.69, 9.17) is 4.74 Å². The second kappa shape index (κ2) is 8.11. The Balaban J connectivity index is 2.65. The van der Waals surface area contributed by atoms with Crippen LogP contribution >= 0.6 is 0 Å². The first kappa shape index (κ1) is 18.4. The van der Waals surface area contributed by atoms with Crippen LogP contribution in [0.5, 0.6) is 0 Å².